The average Bonchev–Trinajstić information content (AvgIpc) is 2.99. The van der Waals surface area contributed by atoms with E-state index >= 15 is 0 Å². The first-order chi connectivity index (χ1) is 14.2. The van der Waals surface area contributed by atoms with E-state index in [1.165, 1.54) is 42.1 Å². The lowest BCUT2D eigenvalue weighted by Gasteiger charge is -2.37. The summed E-state index contributed by atoms with van der Waals surface area (Å²) >= 11 is 0. The molecule has 2 atom stereocenters. The molecule has 0 radical (unpaired) electrons. The predicted molar refractivity (Wildman–Crippen MR) is 122 cm³/mol. The van der Waals surface area contributed by atoms with Gasteiger partial charge in [-0.25, -0.2) is 0 Å². The molecule has 0 aromatic rings. The largest absolute Gasteiger partial charge is 0.462 e. The first-order valence-corrected chi connectivity index (χ1v) is 11.4. The summed E-state index contributed by atoms with van der Waals surface area (Å²) in [4.78, 5) is 11.3. The topological polar surface area (TPSA) is 46.5 Å². The van der Waals surface area contributed by atoms with Crippen molar-refractivity contribution in [2.45, 2.75) is 97.2 Å². The van der Waals surface area contributed by atoms with Gasteiger partial charge in [0.15, 0.2) is 0 Å². The minimum atomic E-state index is -0.917. The third kappa shape index (κ3) is 5.76. The van der Waals surface area contributed by atoms with Crippen molar-refractivity contribution >= 4 is 5.97 Å². The van der Waals surface area contributed by atoms with Crippen molar-refractivity contribution in [2.75, 3.05) is 0 Å². The summed E-state index contributed by atoms with van der Waals surface area (Å²) < 4.78 is 5.43. The van der Waals surface area contributed by atoms with Crippen LogP contribution in [-0.4, -0.2) is 22.8 Å². The number of rotatable bonds is 4. The smallest absolute Gasteiger partial charge is 0.302 e. The lowest BCUT2D eigenvalue weighted by Crippen LogP contribution is -2.24. The molecule has 162 valence electrons. The molecule has 3 aliphatic carbocycles. The van der Waals surface area contributed by atoms with Gasteiger partial charge in [-0.15, -0.1) is 0 Å². The van der Waals surface area contributed by atoms with Crippen molar-refractivity contribution in [3.63, 3.8) is 0 Å². The van der Waals surface area contributed by atoms with Gasteiger partial charge in [-0.1, -0.05) is 54.2 Å². The van der Waals surface area contributed by atoms with E-state index in [-0.39, 0.29) is 17.5 Å². The Morgan fingerprint density at radius 3 is 2.83 bits per heavy atom. The lowest BCUT2D eigenvalue weighted by atomic mass is 9.67. The first kappa shape index (κ1) is 22.6. The Labute approximate surface area is 182 Å². The zero-order valence-electron chi connectivity index (χ0n) is 19.0. The summed E-state index contributed by atoms with van der Waals surface area (Å²) in [5, 5.41) is 9.77. The van der Waals surface area contributed by atoms with Crippen LogP contribution in [0.4, 0.5) is 0 Å². The molecular formula is C27H36O3. The fourth-order valence-electron chi connectivity index (χ4n) is 5.02. The van der Waals surface area contributed by atoms with Gasteiger partial charge in [0.05, 0.1) is 0 Å². The molecule has 1 N–H and O–H groups in total. The summed E-state index contributed by atoms with van der Waals surface area (Å²) in [6.07, 6.45) is 18.5. The summed E-state index contributed by atoms with van der Waals surface area (Å²) in [5.74, 6) is 5.88. The van der Waals surface area contributed by atoms with Crippen molar-refractivity contribution in [3.05, 3.63) is 46.6 Å². The van der Waals surface area contributed by atoms with Crippen LogP contribution in [0.5, 0.6) is 0 Å². The highest BCUT2D eigenvalue weighted by Gasteiger charge is 2.39. The molecule has 0 aromatic carbocycles. The van der Waals surface area contributed by atoms with Gasteiger partial charge in [0.1, 0.15) is 11.7 Å². The van der Waals surface area contributed by atoms with Crippen LogP contribution in [0.15, 0.2) is 46.6 Å². The number of carbonyl (C=O) groups excluding carboxylic acids is 1. The number of hydrogen-bond acceptors (Lipinski definition) is 3. The molecular weight excluding hydrogens is 372 g/mol. The molecule has 3 aliphatic rings. The Hall–Kier alpha value is -2.05. The van der Waals surface area contributed by atoms with E-state index in [1.54, 1.807) is 13.8 Å². The Morgan fingerprint density at radius 1 is 1.30 bits per heavy atom. The number of ether oxygens (including phenoxy) is 1. The number of aliphatic hydroxyl groups is 1. The molecule has 3 nitrogen and oxygen atoms in total. The van der Waals surface area contributed by atoms with Crippen LogP contribution in [0.3, 0.4) is 0 Å². The molecule has 3 heteroatoms. The van der Waals surface area contributed by atoms with E-state index in [4.69, 9.17) is 4.74 Å². The SMILES string of the molecule is CC(=O)O[C@H]1CCC/C(=C/C=C2\CCCC3(C)C(CCC#CC(C)(C)O)=CC=C23)C1. The second-order valence-corrected chi connectivity index (χ2v) is 9.66. The molecule has 30 heavy (non-hydrogen) atoms. The van der Waals surface area contributed by atoms with Crippen molar-refractivity contribution in [1.82, 2.24) is 0 Å². The number of esters is 1. The molecule has 0 aromatic heterocycles. The predicted octanol–water partition coefficient (Wildman–Crippen LogP) is 5.96. The molecule has 0 aliphatic heterocycles. The van der Waals surface area contributed by atoms with Crippen LogP contribution in [0.1, 0.15) is 85.5 Å². The van der Waals surface area contributed by atoms with E-state index in [9.17, 15) is 9.90 Å². The van der Waals surface area contributed by atoms with E-state index in [0.29, 0.717) is 0 Å². The minimum Gasteiger partial charge on any atom is -0.462 e. The van der Waals surface area contributed by atoms with Gasteiger partial charge in [0.2, 0.25) is 0 Å². The maximum absolute atomic E-state index is 11.3. The van der Waals surface area contributed by atoms with Crippen molar-refractivity contribution in [2.24, 2.45) is 5.41 Å². The van der Waals surface area contributed by atoms with E-state index in [2.05, 4.69) is 43.1 Å². The van der Waals surface area contributed by atoms with E-state index in [1.807, 2.05) is 0 Å². The number of carbonyl (C=O) groups is 1. The molecule has 2 fully saturated rings. The zero-order chi connectivity index (χ0) is 21.8. The van der Waals surface area contributed by atoms with Gasteiger partial charge < -0.3 is 9.84 Å². The lowest BCUT2D eigenvalue weighted by molar-refractivity contribution is -0.147. The number of allylic oxidation sites excluding steroid dienone is 7. The van der Waals surface area contributed by atoms with Gasteiger partial charge in [-0.05, 0) is 69.9 Å². The highest BCUT2D eigenvalue weighted by molar-refractivity contribution is 5.66. The second-order valence-electron chi connectivity index (χ2n) is 9.66. The standard InChI is InChI=1S/C27H36O3/c1-20(28)30-24-12-7-9-21(19-24)13-14-22-10-8-18-27(4)23(15-16-25(22)27)11-5-6-17-26(2,3)29/h13-16,24,29H,5,7-12,18-19H2,1-4H3/b21-13-,22-14+/t24-,27?/m0/s1. The Morgan fingerprint density at radius 2 is 2.10 bits per heavy atom. The molecule has 3 rings (SSSR count). The van der Waals surface area contributed by atoms with Crippen LogP contribution < -0.4 is 0 Å². The highest BCUT2D eigenvalue weighted by atomic mass is 16.5. The normalized spacial score (nSPS) is 29.0. The highest BCUT2D eigenvalue weighted by Crippen LogP contribution is 2.52. The summed E-state index contributed by atoms with van der Waals surface area (Å²) in [6, 6.07) is 0. The van der Waals surface area contributed by atoms with Gasteiger partial charge in [0.25, 0.3) is 0 Å². The molecule has 0 saturated heterocycles. The maximum Gasteiger partial charge on any atom is 0.302 e. The molecule has 0 amide bonds. The van der Waals surface area contributed by atoms with Crippen LogP contribution in [0.25, 0.3) is 0 Å². The van der Waals surface area contributed by atoms with E-state index in [0.717, 1.165) is 44.9 Å². The quantitative estimate of drug-likeness (QED) is 0.461. The van der Waals surface area contributed by atoms with Crippen molar-refractivity contribution < 1.29 is 14.6 Å². The Bertz CT molecular complexity index is 851. The third-order valence-electron chi connectivity index (χ3n) is 6.50. The fraction of sp³-hybridized carbons (Fsp3) is 0.593. The zero-order valence-corrected chi connectivity index (χ0v) is 19.0. The third-order valence-corrected chi connectivity index (χ3v) is 6.50. The monoisotopic (exact) mass is 408 g/mol. The molecule has 2 saturated carbocycles. The van der Waals surface area contributed by atoms with Crippen molar-refractivity contribution in [1.29, 1.82) is 0 Å². The van der Waals surface area contributed by atoms with E-state index < -0.39 is 5.60 Å². The molecule has 0 bridgehead atoms. The first-order valence-electron chi connectivity index (χ1n) is 11.4. The van der Waals surface area contributed by atoms with Crippen LogP contribution in [0, 0.1) is 17.3 Å². The van der Waals surface area contributed by atoms with Crippen molar-refractivity contribution in [3.8, 4) is 11.8 Å². The Kier molecular flexibility index (Phi) is 7.09. The van der Waals surface area contributed by atoms with Gasteiger partial charge in [-0.2, -0.15) is 0 Å². The Balaban J connectivity index is 1.66. The number of fused-ring (bicyclic) bond motifs is 1. The maximum atomic E-state index is 11.3. The van der Waals surface area contributed by atoms with Crippen LogP contribution >= 0.6 is 0 Å². The van der Waals surface area contributed by atoms with Crippen LogP contribution in [0.2, 0.25) is 0 Å². The van der Waals surface area contributed by atoms with Gasteiger partial charge in [-0.3, -0.25) is 4.79 Å². The van der Waals surface area contributed by atoms with Crippen LogP contribution in [-0.2, 0) is 9.53 Å². The van der Waals surface area contributed by atoms with Gasteiger partial charge in [0, 0.05) is 25.2 Å². The average molecular weight is 409 g/mol. The molecule has 0 heterocycles. The number of hydrogen-bond donors (Lipinski definition) is 1. The van der Waals surface area contributed by atoms with Gasteiger partial charge >= 0.3 is 5.97 Å². The second kappa shape index (κ2) is 9.40. The molecule has 1 unspecified atom stereocenters. The summed E-state index contributed by atoms with van der Waals surface area (Å²) in [5.41, 5.74) is 4.96. The minimum absolute atomic E-state index is 0.0431. The summed E-state index contributed by atoms with van der Waals surface area (Å²) in [7, 11) is 0. The summed E-state index contributed by atoms with van der Waals surface area (Å²) in [6.45, 7) is 7.32. The fourth-order valence-corrected chi connectivity index (χ4v) is 5.02. The molecule has 0 spiro atoms.